The number of amides is 2. The molecule has 17 heavy (non-hydrogen) atoms. The van der Waals surface area contributed by atoms with Gasteiger partial charge in [-0.2, -0.15) is 0 Å². The highest BCUT2D eigenvalue weighted by molar-refractivity contribution is 6.31. The summed E-state index contributed by atoms with van der Waals surface area (Å²) in [6.07, 6.45) is 0. The number of rotatable bonds is 2. The molecule has 2 N–H and O–H groups in total. The van der Waals surface area contributed by atoms with Crippen LogP contribution < -0.4 is 10.6 Å². The average molecular weight is 230 g/mol. The van der Waals surface area contributed by atoms with Crippen LogP contribution in [-0.4, -0.2) is 17.9 Å². The van der Waals surface area contributed by atoms with E-state index in [1.54, 1.807) is 18.2 Å². The molecule has 1 heterocycles. The number of benzene rings is 1. The molecule has 0 radical (unpaired) electrons. The van der Waals surface area contributed by atoms with Crippen molar-refractivity contribution in [2.75, 3.05) is 5.32 Å². The number of nitrogens with one attached hydrogen (secondary N) is 2. The standard InChI is InChI=1S/C13H14N2O2/c1-7(2)14-13(17)9-4-5-11-10(6-9)8(3)12(16)15-11/h4-7H,3H2,1-2H3,(H,14,17)(H,15,16). The van der Waals surface area contributed by atoms with Crippen LogP contribution in [-0.2, 0) is 4.79 Å². The summed E-state index contributed by atoms with van der Waals surface area (Å²) in [4.78, 5) is 23.2. The first-order valence-corrected chi connectivity index (χ1v) is 5.44. The molecule has 0 aliphatic carbocycles. The molecule has 4 nitrogen and oxygen atoms in total. The maximum Gasteiger partial charge on any atom is 0.255 e. The Morgan fingerprint density at radius 2 is 2.12 bits per heavy atom. The van der Waals surface area contributed by atoms with Gasteiger partial charge >= 0.3 is 0 Å². The van der Waals surface area contributed by atoms with Crippen LogP contribution in [0.2, 0.25) is 0 Å². The van der Waals surface area contributed by atoms with Crippen LogP contribution in [0.5, 0.6) is 0 Å². The van der Waals surface area contributed by atoms with Gasteiger partial charge in [0.2, 0.25) is 0 Å². The minimum absolute atomic E-state index is 0.0821. The molecule has 0 saturated carbocycles. The Morgan fingerprint density at radius 1 is 1.41 bits per heavy atom. The minimum Gasteiger partial charge on any atom is -0.350 e. The summed E-state index contributed by atoms with van der Waals surface area (Å²) in [7, 11) is 0. The highest BCUT2D eigenvalue weighted by Gasteiger charge is 2.23. The van der Waals surface area contributed by atoms with Crippen LogP contribution in [0.1, 0.15) is 29.8 Å². The van der Waals surface area contributed by atoms with E-state index in [4.69, 9.17) is 0 Å². The van der Waals surface area contributed by atoms with Crippen molar-refractivity contribution in [1.29, 1.82) is 0 Å². The molecule has 0 aromatic heterocycles. The lowest BCUT2D eigenvalue weighted by Crippen LogP contribution is -2.30. The third kappa shape index (κ3) is 2.06. The molecule has 2 amide bonds. The molecule has 4 heteroatoms. The van der Waals surface area contributed by atoms with Gasteiger partial charge in [0.15, 0.2) is 0 Å². The van der Waals surface area contributed by atoms with Crippen molar-refractivity contribution in [3.05, 3.63) is 35.9 Å². The summed E-state index contributed by atoms with van der Waals surface area (Å²) in [5.41, 5.74) is 2.35. The van der Waals surface area contributed by atoms with Gasteiger partial charge in [-0.15, -0.1) is 0 Å². The van der Waals surface area contributed by atoms with Gasteiger partial charge in [0, 0.05) is 28.4 Å². The number of carbonyl (C=O) groups is 2. The maximum atomic E-state index is 11.8. The van der Waals surface area contributed by atoms with Gasteiger partial charge in [0.25, 0.3) is 11.8 Å². The molecule has 1 aliphatic rings. The predicted molar refractivity (Wildman–Crippen MR) is 66.7 cm³/mol. The van der Waals surface area contributed by atoms with E-state index in [2.05, 4.69) is 17.2 Å². The molecule has 1 aromatic carbocycles. The lowest BCUT2D eigenvalue weighted by atomic mass is 10.0. The van der Waals surface area contributed by atoms with Gasteiger partial charge < -0.3 is 10.6 Å². The van der Waals surface area contributed by atoms with E-state index in [0.29, 0.717) is 22.4 Å². The van der Waals surface area contributed by atoms with Crippen molar-refractivity contribution in [2.24, 2.45) is 0 Å². The quantitative estimate of drug-likeness (QED) is 0.761. The Hall–Kier alpha value is -2.10. The summed E-state index contributed by atoms with van der Waals surface area (Å²) in [5, 5.41) is 5.49. The normalized spacial score (nSPS) is 13.6. The number of anilines is 1. The smallest absolute Gasteiger partial charge is 0.255 e. The van der Waals surface area contributed by atoms with Crippen LogP contribution in [0.4, 0.5) is 5.69 Å². The SMILES string of the molecule is C=C1C(=O)Nc2ccc(C(=O)NC(C)C)cc21. The van der Waals surface area contributed by atoms with Crippen molar-refractivity contribution < 1.29 is 9.59 Å². The number of hydrogen-bond acceptors (Lipinski definition) is 2. The lowest BCUT2D eigenvalue weighted by Gasteiger charge is -2.09. The molecule has 1 aliphatic heterocycles. The highest BCUT2D eigenvalue weighted by atomic mass is 16.2. The summed E-state index contributed by atoms with van der Waals surface area (Å²) in [5.74, 6) is -0.351. The molecular weight excluding hydrogens is 216 g/mol. The van der Waals surface area contributed by atoms with E-state index in [9.17, 15) is 9.59 Å². The molecular formula is C13H14N2O2. The first-order valence-electron chi connectivity index (χ1n) is 5.44. The highest BCUT2D eigenvalue weighted by Crippen LogP contribution is 2.31. The molecule has 1 aromatic rings. The van der Waals surface area contributed by atoms with Gasteiger partial charge in [0.05, 0.1) is 0 Å². The van der Waals surface area contributed by atoms with Crippen LogP contribution >= 0.6 is 0 Å². The van der Waals surface area contributed by atoms with Gasteiger partial charge in [-0.05, 0) is 32.0 Å². The molecule has 0 saturated heterocycles. The molecule has 2 rings (SSSR count). The topological polar surface area (TPSA) is 58.2 Å². The molecule has 0 spiro atoms. The molecule has 0 fully saturated rings. The minimum atomic E-state index is -0.207. The van der Waals surface area contributed by atoms with Crippen LogP contribution in [0.3, 0.4) is 0 Å². The second-order valence-corrected chi connectivity index (χ2v) is 4.32. The second-order valence-electron chi connectivity index (χ2n) is 4.32. The van der Waals surface area contributed by atoms with Gasteiger partial charge in [0.1, 0.15) is 0 Å². The van der Waals surface area contributed by atoms with Crippen LogP contribution in [0.15, 0.2) is 24.8 Å². The van der Waals surface area contributed by atoms with E-state index in [0.717, 1.165) is 0 Å². The Labute approximate surface area is 99.7 Å². The molecule has 0 atom stereocenters. The van der Waals surface area contributed by atoms with Gasteiger partial charge in [-0.25, -0.2) is 0 Å². The summed E-state index contributed by atoms with van der Waals surface area (Å²) < 4.78 is 0. The first kappa shape index (κ1) is 11.4. The predicted octanol–water partition coefficient (Wildman–Crippen LogP) is 1.79. The van der Waals surface area contributed by atoms with Gasteiger partial charge in [-0.1, -0.05) is 6.58 Å². The lowest BCUT2D eigenvalue weighted by molar-refractivity contribution is -0.110. The van der Waals surface area contributed by atoms with Crippen molar-refractivity contribution in [3.8, 4) is 0 Å². The largest absolute Gasteiger partial charge is 0.350 e. The molecule has 0 bridgehead atoms. The molecule has 0 unspecified atom stereocenters. The van der Waals surface area contributed by atoms with Gasteiger partial charge in [-0.3, -0.25) is 9.59 Å². The zero-order valence-corrected chi connectivity index (χ0v) is 9.83. The Kier molecular flexibility index (Phi) is 2.71. The zero-order valence-electron chi connectivity index (χ0n) is 9.83. The van der Waals surface area contributed by atoms with Crippen molar-refractivity contribution >= 4 is 23.1 Å². The van der Waals surface area contributed by atoms with E-state index in [1.165, 1.54) is 0 Å². The van der Waals surface area contributed by atoms with Crippen LogP contribution in [0, 0.1) is 0 Å². The van der Waals surface area contributed by atoms with Crippen molar-refractivity contribution in [3.63, 3.8) is 0 Å². The Bertz CT molecular complexity index is 518. The third-order valence-corrected chi connectivity index (χ3v) is 2.55. The first-order chi connectivity index (χ1) is 7.99. The number of carbonyl (C=O) groups excluding carboxylic acids is 2. The molecule has 88 valence electrons. The fourth-order valence-corrected chi connectivity index (χ4v) is 1.71. The summed E-state index contributed by atoms with van der Waals surface area (Å²) >= 11 is 0. The monoisotopic (exact) mass is 230 g/mol. The number of hydrogen-bond donors (Lipinski definition) is 2. The zero-order chi connectivity index (χ0) is 12.6. The summed E-state index contributed by atoms with van der Waals surface area (Å²) in [6, 6.07) is 5.18. The van der Waals surface area contributed by atoms with E-state index in [-0.39, 0.29) is 17.9 Å². The number of fused-ring (bicyclic) bond motifs is 1. The summed E-state index contributed by atoms with van der Waals surface area (Å²) in [6.45, 7) is 7.49. The Balaban J connectivity index is 2.32. The van der Waals surface area contributed by atoms with Crippen molar-refractivity contribution in [2.45, 2.75) is 19.9 Å². The van der Waals surface area contributed by atoms with E-state index >= 15 is 0 Å². The Morgan fingerprint density at radius 3 is 2.76 bits per heavy atom. The van der Waals surface area contributed by atoms with E-state index in [1.807, 2.05) is 13.8 Å². The second kappa shape index (κ2) is 4.05. The van der Waals surface area contributed by atoms with Crippen LogP contribution in [0.25, 0.3) is 5.57 Å². The van der Waals surface area contributed by atoms with Crippen molar-refractivity contribution in [1.82, 2.24) is 5.32 Å². The maximum absolute atomic E-state index is 11.8. The fraction of sp³-hybridized carbons (Fsp3) is 0.231. The third-order valence-electron chi connectivity index (χ3n) is 2.55. The fourth-order valence-electron chi connectivity index (χ4n) is 1.71. The van der Waals surface area contributed by atoms with E-state index < -0.39 is 0 Å². The average Bonchev–Trinajstić information content (AvgIpc) is 2.54.